The van der Waals surface area contributed by atoms with Gasteiger partial charge in [-0.15, -0.1) is 0 Å². The number of methoxy groups -OCH3 is 1. The first-order valence-corrected chi connectivity index (χ1v) is 6.48. The van der Waals surface area contributed by atoms with Crippen LogP contribution in [0.5, 0.6) is 5.75 Å². The Balaban J connectivity index is 2.15. The van der Waals surface area contributed by atoms with Gasteiger partial charge in [-0.05, 0) is 37.3 Å². The average Bonchev–Trinajstić information content (AvgIpc) is 2.38. The van der Waals surface area contributed by atoms with Crippen LogP contribution in [0.25, 0.3) is 0 Å². The number of benzene rings is 1. The summed E-state index contributed by atoms with van der Waals surface area (Å²) >= 11 is 3.47. The van der Waals surface area contributed by atoms with Crippen molar-refractivity contribution in [1.82, 2.24) is 4.98 Å². The van der Waals surface area contributed by atoms with Crippen LogP contribution in [0.4, 0.5) is 5.69 Å². The Kier molecular flexibility index (Phi) is 4.20. The third kappa shape index (κ3) is 3.01. The van der Waals surface area contributed by atoms with Crippen molar-refractivity contribution in [2.24, 2.45) is 0 Å². The maximum atomic E-state index is 5.34. The van der Waals surface area contributed by atoms with Crippen LogP contribution in [-0.4, -0.2) is 12.1 Å². The monoisotopic (exact) mass is 306 g/mol. The number of halogens is 1. The lowest BCUT2D eigenvalue weighted by atomic mass is 10.2. The zero-order chi connectivity index (χ0) is 13.0. The number of pyridine rings is 1. The van der Waals surface area contributed by atoms with E-state index in [0.717, 1.165) is 27.2 Å². The van der Waals surface area contributed by atoms with Crippen LogP contribution in [0.3, 0.4) is 0 Å². The van der Waals surface area contributed by atoms with Gasteiger partial charge in [0.15, 0.2) is 0 Å². The van der Waals surface area contributed by atoms with Gasteiger partial charge in [0.2, 0.25) is 0 Å². The fourth-order valence-electron chi connectivity index (χ4n) is 1.75. The molecular formula is C14H15BrN2O. The average molecular weight is 307 g/mol. The fourth-order valence-corrected chi connectivity index (χ4v) is 2.16. The molecule has 1 aromatic carbocycles. The Hall–Kier alpha value is -1.55. The van der Waals surface area contributed by atoms with Gasteiger partial charge in [-0.1, -0.05) is 15.9 Å². The maximum absolute atomic E-state index is 5.34. The molecule has 0 aliphatic heterocycles. The second-order valence-electron chi connectivity index (χ2n) is 3.95. The smallest absolute Gasteiger partial charge is 0.123 e. The summed E-state index contributed by atoms with van der Waals surface area (Å²) in [4.78, 5) is 4.25. The molecule has 0 aliphatic carbocycles. The third-order valence-corrected chi connectivity index (χ3v) is 3.21. The minimum Gasteiger partial charge on any atom is -0.496 e. The highest BCUT2D eigenvalue weighted by molar-refractivity contribution is 9.10. The second kappa shape index (κ2) is 5.87. The Morgan fingerprint density at radius 2 is 2.17 bits per heavy atom. The van der Waals surface area contributed by atoms with E-state index in [1.165, 1.54) is 0 Å². The molecule has 3 nitrogen and oxygen atoms in total. The number of hydrogen-bond acceptors (Lipinski definition) is 3. The Labute approximate surface area is 115 Å². The summed E-state index contributed by atoms with van der Waals surface area (Å²) in [5, 5.41) is 3.37. The first-order chi connectivity index (χ1) is 8.70. The molecule has 4 heteroatoms. The number of ether oxygens (including phenoxy) is 1. The molecule has 0 amide bonds. The lowest BCUT2D eigenvalue weighted by molar-refractivity contribution is 0.410. The lowest BCUT2D eigenvalue weighted by Gasteiger charge is -2.12. The van der Waals surface area contributed by atoms with Crippen LogP contribution in [-0.2, 0) is 6.54 Å². The molecule has 1 aromatic heterocycles. The quantitative estimate of drug-likeness (QED) is 0.933. The topological polar surface area (TPSA) is 34.1 Å². The molecule has 0 saturated heterocycles. The molecule has 0 bridgehead atoms. The molecule has 2 rings (SSSR count). The molecule has 2 aromatic rings. The van der Waals surface area contributed by atoms with Crippen LogP contribution < -0.4 is 10.1 Å². The van der Waals surface area contributed by atoms with Crippen molar-refractivity contribution in [2.45, 2.75) is 13.5 Å². The normalized spacial score (nSPS) is 10.2. The first kappa shape index (κ1) is 12.9. The van der Waals surface area contributed by atoms with Gasteiger partial charge in [0.05, 0.1) is 18.5 Å². The first-order valence-electron chi connectivity index (χ1n) is 5.68. The second-order valence-corrected chi connectivity index (χ2v) is 4.86. The summed E-state index contributed by atoms with van der Waals surface area (Å²) in [7, 11) is 1.68. The molecule has 0 fully saturated rings. The van der Waals surface area contributed by atoms with Gasteiger partial charge >= 0.3 is 0 Å². The summed E-state index contributed by atoms with van der Waals surface area (Å²) in [6.07, 6.45) is 1.79. The number of nitrogens with one attached hydrogen (secondary N) is 1. The molecule has 0 saturated carbocycles. The van der Waals surface area contributed by atoms with Crippen molar-refractivity contribution in [3.05, 3.63) is 52.3 Å². The highest BCUT2D eigenvalue weighted by Gasteiger charge is 2.04. The number of nitrogens with zero attached hydrogens (tertiary/aromatic N) is 1. The van der Waals surface area contributed by atoms with Crippen LogP contribution >= 0.6 is 15.9 Å². The van der Waals surface area contributed by atoms with Crippen LogP contribution in [0.1, 0.15) is 11.3 Å². The molecule has 0 radical (unpaired) electrons. The summed E-state index contributed by atoms with van der Waals surface area (Å²) in [6.45, 7) is 2.69. The molecule has 0 atom stereocenters. The van der Waals surface area contributed by atoms with Crippen molar-refractivity contribution < 1.29 is 4.74 Å². The molecule has 1 heterocycles. The van der Waals surface area contributed by atoms with Crippen molar-refractivity contribution in [1.29, 1.82) is 0 Å². The summed E-state index contributed by atoms with van der Waals surface area (Å²) in [6, 6.07) is 9.92. The van der Waals surface area contributed by atoms with Crippen LogP contribution in [0, 0.1) is 6.92 Å². The summed E-state index contributed by atoms with van der Waals surface area (Å²) in [5.41, 5.74) is 3.14. The Bertz CT molecular complexity index is 543. The molecule has 0 spiro atoms. The number of aromatic nitrogens is 1. The van der Waals surface area contributed by atoms with Crippen molar-refractivity contribution in [3.63, 3.8) is 0 Å². The van der Waals surface area contributed by atoms with Gasteiger partial charge in [0.25, 0.3) is 0 Å². The molecule has 0 aliphatic rings. The van der Waals surface area contributed by atoms with E-state index in [2.05, 4.69) is 32.3 Å². The van der Waals surface area contributed by atoms with Gasteiger partial charge in [-0.2, -0.15) is 0 Å². The van der Waals surface area contributed by atoms with Gasteiger partial charge < -0.3 is 10.1 Å². The van der Waals surface area contributed by atoms with E-state index < -0.39 is 0 Å². The van der Waals surface area contributed by atoms with Gasteiger partial charge in [-0.3, -0.25) is 4.98 Å². The van der Waals surface area contributed by atoms with Gasteiger partial charge in [-0.25, -0.2) is 0 Å². The molecular weight excluding hydrogens is 292 g/mol. The standard InChI is InChI=1S/C14H15BrN2O/c1-10-13(4-3-7-16-10)17-9-11-8-12(15)5-6-14(11)18-2/h3-8,17H,9H2,1-2H3. The zero-order valence-corrected chi connectivity index (χ0v) is 12.0. The predicted octanol–water partition coefficient (Wildman–Crippen LogP) is 3.77. The number of hydrogen-bond donors (Lipinski definition) is 1. The largest absolute Gasteiger partial charge is 0.496 e. The van der Waals surface area contributed by atoms with Crippen LogP contribution in [0.2, 0.25) is 0 Å². The van der Waals surface area contributed by atoms with E-state index in [0.29, 0.717) is 6.54 Å². The molecule has 18 heavy (non-hydrogen) atoms. The van der Waals surface area contributed by atoms with Crippen LogP contribution in [0.15, 0.2) is 41.0 Å². The summed E-state index contributed by atoms with van der Waals surface area (Å²) < 4.78 is 6.39. The van der Waals surface area contributed by atoms with Gasteiger partial charge in [0, 0.05) is 22.8 Å². The van der Waals surface area contributed by atoms with E-state index in [4.69, 9.17) is 4.74 Å². The number of aryl methyl sites for hydroxylation is 1. The SMILES string of the molecule is COc1ccc(Br)cc1CNc1cccnc1C. The van der Waals surface area contributed by atoms with E-state index in [-0.39, 0.29) is 0 Å². The zero-order valence-electron chi connectivity index (χ0n) is 10.4. The Morgan fingerprint density at radius 1 is 1.33 bits per heavy atom. The summed E-state index contributed by atoms with van der Waals surface area (Å²) in [5.74, 6) is 0.882. The van der Waals surface area contributed by atoms with Gasteiger partial charge in [0.1, 0.15) is 5.75 Å². The lowest BCUT2D eigenvalue weighted by Crippen LogP contribution is -2.03. The van der Waals surface area contributed by atoms with Crippen molar-refractivity contribution in [3.8, 4) is 5.75 Å². The number of anilines is 1. The van der Waals surface area contributed by atoms with E-state index in [1.54, 1.807) is 13.3 Å². The van der Waals surface area contributed by atoms with E-state index in [1.807, 2.05) is 31.2 Å². The van der Waals surface area contributed by atoms with Crippen molar-refractivity contribution in [2.75, 3.05) is 12.4 Å². The molecule has 1 N–H and O–H groups in total. The fraction of sp³-hybridized carbons (Fsp3) is 0.214. The predicted molar refractivity (Wildman–Crippen MR) is 77.0 cm³/mol. The maximum Gasteiger partial charge on any atom is 0.123 e. The van der Waals surface area contributed by atoms with E-state index in [9.17, 15) is 0 Å². The van der Waals surface area contributed by atoms with Crippen molar-refractivity contribution >= 4 is 21.6 Å². The highest BCUT2D eigenvalue weighted by atomic mass is 79.9. The molecule has 0 unspecified atom stereocenters. The minimum absolute atomic E-state index is 0.704. The van der Waals surface area contributed by atoms with E-state index >= 15 is 0 Å². The number of rotatable bonds is 4. The highest BCUT2D eigenvalue weighted by Crippen LogP contribution is 2.24. The minimum atomic E-state index is 0.704. The Morgan fingerprint density at radius 3 is 2.89 bits per heavy atom. The molecule has 94 valence electrons. The third-order valence-electron chi connectivity index (χ3n) is 2.72.